The fourth-order valence-corrected chi connectivity index (χ4v) is 4.38. The Balaban J connectivity index is 2.05. The van der Waals surface area contributed by atoms with Crippen LogP contribution < -0.4 is 0 Å². The molecule has 110 valence electrons. The first-order chi connectivity index (χ1) is 10.2. The van der Waals surface area contributed by atoms with Crippen molar-refractivity contribution in [3.8, 4) is 0 Å². The molecule has 0 atom stereocenters. The second-order valence-electron chi connectivity index (χ2n) is 4.88. The zero-order chi connectivity index (χ0) is 14.7. The lowest BCUT2D eigenvalue weighted by molar-refractivity contribution is 0.520. The molecule has 4 nitrogen and oxygen atoms in total. The van der Waals surface area contributed by atoms with Crippen molar-refractivity contribution in [3.63, 3.8) is 0 Å². The lowest BCUT2D eigenvalue weighted by Gasteiger charge is -2.19. The van der Waals surface area contributed by atoms with Gasteiger partial charge in [-0.15, -0.1) is 15.7 Å². The Morgan fingerprint density at radius 2 is 1.76 bits per heavy atom. The number of nitrogens with zero attached hydrogens (tertiary/aromatic N) is 2. The molecule has 2 aromatic rings. The van der Waals surface area contributed by atoms with Crippen molar-refractivity contribution in [2.45, 2.75) is 17.1 Å². The van der Waals surface area contributed by atoms with E-state index in [9.17, 15) is 8.42 Å². The summed E-state index contributed by atoms with van der Waals surface area (Å²) in [6.45, 7) is 1.71. The number of hydrogen-bond acceptors (Lipinski definition) is 3. The van der Waals surface area contributed by atoms with Crippen LogP contribution in [0.4, 0.5) is 0 Å². The Labute approximate surface area is 128 Å². The summed E-state index contributed by atoms with van der Waals surface area (Å²) >= 11 is 1.20. The van der Waals surface area contributed by atoms with Crippen molar-refractivity contribution in [3.05, 3.63) is 53.4 Å². The van der Waals surface area contributed by atoms with Crippen LogP contribution in [0.25, 0.3) is 0 Å². The molecule has 1 aromatic heterocycles. The van der Waals surface area contributed by atoms with E-state index in [1.54, 1.807) is 17.5 Å². The third-order valence-corrected chi connectivity index (χ3v) is 6.03. The zero-order valence-corrected chi connectivity index (χ0v) is 13.1. The smallest absolute Gasteiger partial charge is 0.293 e. The predicted molar refractivity (Wildman–Crippen MR) is 85.3 cm³/mol. The predicted octanol–water partition coefficient (Wildman–Crippen LogP) is 2.98. The standard InChI is InChI=1S/C15H16N2O2S2/c18-21(19,14-9-6-12-20-14)16-15(17-10-4-5-11-17)13-7-2-1-3-8-13/h1-3,6-9,12H,4-5,10-11H2/b16-15+. The average Bonchev–Trinajstić information content (AvgIpc) is 3.19. The monoisotopic (exact) mass is 320 g/mol. The van der Waals surface area contributed by atoms with Gasteiger partial charge < -0.3 is 4.90 Å². The maximum absolute atomic E-state index is 12.4. The molecule has 0 radical (unpaired) electrons. The van der Waals surface area contributed by atoms with Crippen LogP contribution in [0.1, 0.15) is 18.4 Å². The van der Waals surface area contributed by atoms with Crippen LogP contribution in [0.15, 0.2) is 56.5 Å². The van der Waals surface area contributed by atoms with Crippen LogP contribution >= 0.6 is 11.3 Å². The van der Waals surface area contributed by atoms with Crippen LogP contribution in [-0.4, -0.2) is 32.2 Å². The molecule has 0 amide bonds. The van der Waals surface area contributed by atoms with Crippen molar-refractivity contribution in [2.24, 2.45) is 4.40 Å². The van der Waals surface area contributed by atoms with E-state index in [1.807, 2.05) is 30.3 Å². The molecule has 0 bridgehead atoms. The molecule has 1 aliphatic rings. The molecule has 1 saturated heterocycles. The Kier molecular flexibility index (Phi) is 4.07. The van der Waals surface area contributed by atoms with E-state index in [0.29, 0.717) is 5.84 Å². The van der Waals surface area contributed by atoms with E-state index in [1.165, 1.54) is 11.3 Å². The molecular weight excluding hydrogens is 304 g/mol. The van der Waals surface area contributed by atoms with Crippen LogP contribution in [-0.2, 0) is 10.0 Å². The molecule has 1 aromatic carbocycles. The Morgan fingerprint density at radius 1 is 1.05 bits per heavy atom. The van der Waals surface area contributed by atoms with Gasteiger partial charge in [0, 0.05) is 18.7 Å². The number of thiophene rings is 1. The quantitative estimate of drug-likeness (QED) is 0.645. The highest BCUT2D eigenvalue weighted by molar-refractivity contribution is 7.92. The normalized spacial score (nSPS) is 16.4. The van der Waals surface area contributed by atoms with Crippen molar-refractivity contribution in [1.82, 2.24) is 4.90 Å². The minimum atomic E-state index is -3.64. The summed E-state index contributed by atoms with van der Waals surface area (Å²) in [5.41, 5.74) is 0.847. The first kappa shape index (κ1) is 14.3. The Morgan fingerprint density at radius 3 is 2.38 bits per heavy atom. The number of benzene rings is 1. The molecule has 2 heterocycles. The summed E-state index contributed by atoms with van der Waals surface area (Å²) in [5, 5.41) is 1.75. The molecule has 0 spiro atoms. The van der Waals surface area contributed by atoms with Gasteiger partial charge in [0.15, 0.2) is 0 Å². The largest absolute Gasteiger partial charge is 0.355 e. The summed E-state index contributed by atoms with van der Waals surface area (Å²) < 4.78 is 29.3. The van der Waals surface area contributed by atoms with Gasteiger partial charge in [-0.25, -0.2) is 0 Å². The highest BCUT2D eigenvalue weighted by atomic mass is 32.2. The van der Waals surface area contributed by atoms with Gasteiger partial charge >= 0.3 is 0 Å². The third-order valence-electron chi connectivity index (χ3n) is 3.39. The van der Waals surface area contributed by atoms with E-state index in [4.69, 9.17) is 0 Å². The van der Waals surface area contributed by atoms with Gasteiger partial charge in [-0.3, -0.25) is 0 Å². The first-order valence-corrected chi connectivity index (χ1v) is 9.18. The van der Waals surface area contributed by atoms with Crippen LogP contribution in [0.5, 0.6) is 0 Å². The highest BCUT2D eigenvalue weighted by Crippen LogP contribution is 2.21. The van der Waals surface area contributed by atoms with Crippen LogP contribution in [0.2, 0.25) is 0 Å². The van der Waals surface area contributed by atoms with Gasteiger partial charge in [-0.05, 0) is 24.3 Å². The third kappa shape index (κ3) is 3.16. The summed E-state index contributed by atoms with van der Waals surface area (Å²) in [6, 6.07) is 12.8. The summed E-state index contributed by atoms with van der Waals surface area (Å²) in [6.07, 6.45) is 2.15. The molecule has 0 N–H and O–H groups in total. The van der Waals surface area contributed by atoms with E-state index in [-0.39, 0.29) is 4.21 Å². The van der Waals surface area contributed by atoms with Crippen molar-refractivity contribution >= 4 is 27.2 Å². The molecule has 3 rings (SSSR count). The maximum atomic E-state index is 12.4. The summed E-state index contributed by atoms with van der Waals surface area (Å²) in [4.78, 5) is 2.06. The van der Waals surface area contributed by atoms with Gasteiger partial charge in [-0.2, -0.15) is 8.42 Å². The van der Waals surface area contributed by atoms with Gasteiger partial charge in [0.2, 0.25) is 0 Å². The molecule has 1 fully saturated rings. The fourth-order valence-electron chi connectivity index (χ4n) is 2.38. The second-order valence-corrected chi connectivity index (χ2v) is 7.66. The summed E-state index contributed by atoms with van der Waals surface area (Å²) in [5.74, 6) is 0.557. The number of likely N-dealkylation sites (tertiary alicyclic amines) is 1. The molecule has 6 heteroatoms. The Bertz CT molecular complexity index is 716. The molecule has 0 aliphatic carbocycles. The lowest BCUT2D eigenvalue weighted by atomic mass is 10.2. The van der Waals surface area contributed by atoms with E-state index in [0.717, 1.165) is 31.5 Å². The van der Waals surface area contributed by atoms with Crippen molar-refractivity contribution < 1.29 is 8.42 Å². The average molecular weight is 320 g/mol. The SMILES string of the molecule is O=S(=O)(/N=C(\c1ccccc1)N1CCCC1)c1cccs1. The minimum Gasteiger partial charge on any atom is -0.355 e. The van der Waals surface area contributed by atoms with Gasteiger partial charge in [0.05, 0.1) is 0 Å². The second kappa shape index (κ2) is 5.99. The minimum absolute atomic E-state index is 0.287. The van der Waals surface area contributed by atoms with Crippen molar-refractivity contribution in [2.75, 3.05) is 13.1 Å². The highest BCUT2D eigenvalue weighted by Gasteiger charge is 2.22. The van der Waals surface area contributed by atoms with E-state index >= 15 is 0 Å². The van der Waals surface area contributed by atoms with Gasteiger partial charge in [0.25, 0.3) is 10.0 Å². The molecule has 0 unspecified atom stereocenters. The first-order valence-electron chi connectivity index (χ1n) is 6.86. The summed E-state index contributed by atoms with van der Waals surface area (Å²) in [7, 11) is -3.64. The van der Waals surface area contributed by atoms with E-state index in [2.05, 4.69) is 9.30 Å². The molecular formula is C15H16N2O2S2. The number of hydrogen-bond donors (Lipinski definition) is 0. The van der Waals surface area contributed by atoms with Crippen LogP contribution in [0.3, 0.4) is 0 Å². The van der Waals surface area contributed by atoms with Gasteiger partial charge in [0.1, 0.15) is 10.0 Å². The maximum Gasteiger partial charge on any atom is 0.293 e. The Hall–Kier alpha value is -1.66. The molecule has 0 saturated carbocycles. The lowest BCUT2D eigenvalue weighted by Crippen LogP contribution is -2.29. The molecule has 1 aliphatic heterocycles. The number of amidine groups is 1. The van der Waals surface area contributed by atoms with Crippen LogP contribution in [0, 0.1) is 0 Å². The van der Waals surface area contributed by atoms with E-state index < -0.39 is 10.0 Å². The number of rotatable bonds is 3. The topological polar surface area (TPSA) is 49.7 Å². The number of sulfonamides is 1. The van der Waals surface area contributed by atoms with Gasteiger partial charge in [-0.1, -0.05) is 36.4 Å². The fraction of sp³-hybridized carbons (Fsp3) is 0.267. The van der Waals surface area contributed by atoms with Crippen molar-refractivity contribution in [1.29, 1.82) is 0 Å². The zero-order valence-electron chi connectivity index (χ0n) is 11.5. The molecule has 21 heavy (non-hydrogen) atoms.